The van der Waals surface area contributed by atoms with E-state index in [-0.39, 0.29) is 11.8 Å². The Morgan fingerprint density at radius 1 is 1.20 bits per heavy atom. The quantitative estimate of drug-likeness (QED) is 0.706. The summed E-state index contributed by atoms with van der Waals surface area (Å²) in [5, 5.41) is 16.2. The van der Waals surface area contributed by atoms with E-state index in [0.29, 0.717) is 22.1 Å². The van der Waals surface area contributed by atoms with E-state index in [4.69, 9.17) is 5.26 Å². The molecule has 4 heterocycles. The second-order valence-corrected chi connectivity index (χ2v) is 8.39. The first-order valence-corrected chi connectivity index (χ1v) is 10.4. The molecule has 9 heteroatoms. The van der Waals surface area contributed by atoms with Gasteiger partial charge in [0.25, 0.3) is 11.8 Å². The van der Waals surface area contributed by atoms with Crippen LogP contribution in [0, 0.1) is 11.3 Å². The Morgan fingerprint density at radius 3 is 2.87 bits per heavy atom. The molecule has 0 saturated carbocycles. The van der Waals surface area contributed by atoms with Gasteiger partial charge in [0.05, 0.1) is 11.4 Å². The van der Waals surface area contributed by atoms with Gasteiger partial charge in [-0.2, -0.15) is 10.4 Å². The van der Waals surface area contributed by atoms with E-state index in [1.807, 2.05) is 36.0 Å². The van der Waals surface area contributed by atoms with Crippen LogP contribution >= 0.6 is 11.3 Å². The van der Waals surface area contributed by atoms with Crippen molar-refractivity contribution in [2.75, 3.05) is 30.4 Å². The van der Waals surface area contributed by atoms with Gasteiger partial charge in [0.1, 0.15) is 16.8 Å². The average molecular weight is 418 g/mol. The SMILES string of the molecule is CN1CCc2cc(N3CCn4nc(NC(=O)c5ccc(C#N)s5)cc43)ccc2C1=O. The van der Waals surface area contributed by atoms with Crippen molar-refractivity contribution in [3.8, 4) is 6.07 Å². The first kappa shape index (κ1) is 18.4. The minimum Gasteiger partial charge on any atom is -0.341 e. The second-order valence-electron chi connectivity index (χ2n) is 7.31. The van der Waals surface area contributed by atoms with Crippen LogP contribution in [0.1, 0.15) is 30.5 Å². The van der Waals surface area contributed by atoms with Gasteiger partial charge < -0.3 is 15.1 Å². The smallest absolute Gasteiger partial charge is 0.266 e. The van der Waals surface area contributed by atoms with Crippen molar-refractivity contribution < 1.29 is 9.59 Å². The Morgan fingerprint density at radius 2 is 2.07 bits per heavy atom. The minimum atomic E-state index is -0.277. The van der Waals surface area contributed by atoms with Crippen molar-refractivity contribution in [3.63, 3.8) is 0 Å². The molecule has 8 nitrogen and oxygen atoms in total. The summed E-state index contributed by atoms with van der Waals surface area (Å²) >= 11 is 1.15. The van der Waals surface area contributed by atoms with Crippen LogP contribution in [0.2, 0.25) is 0 Å². The van der Waals surface area contributed by atoms with E-state index in [1.165, 1.54) is 0 Å². The highest BCUT2D eigenvalue weighted by atomic mass is 32.1. The molecule has 2 aliphatic heterocycles. The summed E-state index contributed by atoms with van der Waals surface area (Å²) in [5.74, 6) is 1.16. The van der Waals surface area contributed by atoms with E-state index < -0.39 is 0 Å². The zero-order valence-electron chi connectivity index (χ0n) is 16.3. The molecule has 0 bridgehead atoms. The molecule has 0 unspecified atom stereocenters. The molecular weight excluding hydrogens is 400 g/mol. The third-order valence-corrected chi connectivity index (χ3v) is 6.44. The van der Waals surface area contributed by atoms with Crippen LogP contribution in [-0.2, 0) is 13.0 Å². The number of nitriles is 1. The van der Waals surface area contributed by atoms with Crippen LogP contribution in [0.4, 0.5) is 17.3 Å². The summed E-state index contributed by atoms with van der Waals surface area (Å²) < 4.78 is 1.86. The molecule has 2 aromatic heterocycles. The van der Waals surface area contributed by atoms with Crippen molar-refractivity contribution in [3.05, 3.63) is 57.3 Å². The zero-order valence-corrected chi connectivity index (χ0v) is 17.1. The Bertz CT molecular complexity index is 1220. The molecule has 30 heavy (non-hydrogen) atoms. The Labute approximate surface area is 176 Å². The summed E-state index contributed by atoms with van der Waals surface area (Å²) in [6.45, 7) is 2.21. The number of nitrogens with zero attached hydrogens (tertiary/aromatic N) is 5. The Balaban J connectivity index is 1.38. The highest BCUT2D eigenvalue weighted by Crippen LogP contribution is 2.34. The summed E-state index contributed by atoms with van der Waals surface area (Å²) in [7, 11) is 1.82. The van der Waals surface area contributed by atoms with Gasteiger partial charge in [0.2, 0.25) is 0 Å². The molecule has 0 aliphatic carbocycles. The third kappa shape index (κ3) is 3.02. The number of rotatable bonds is 3. The Kier molecular flexibility index (Phi) is 4.29. The number of carbonyl (C=O) groups is 2. The molecule has 150 valence electrons. The predicted molar refractivity (Wildman–Crippen MR) is 113 cm³/mol. The highest BCUT2D eigenvalue weighted by Gasteiger charge is 2.27. The van der Waals surface area contributed by atoms with Crippen LogP contribution in [0.3, 0.4) is 0 Å². The normalized spacial score (nSPS) is 15.0. The molecule has 2 amide bonds. The lowest BCUT2D eigenvalue weighted by molar-refractivity contribution is 0.0780. The van der Waals surface area contributed by atoms with E-state index in [2.05, 4.69) is 21.4 Å². The van der Waals surface area contributed by atoms with Crippen LogP contribution in [-0.4, -0.2) is 46.6 Å². The number of nitrogens with one attached hydrogen (secondary N) is 1. The van der Waals surface area contributed by atoms with Gasteiger partial charge in [-0.05, 0) is 42.3 Å². The molecule has 2 aliphatic rings. The predicted octanol–water partition coefficient (Wildman–Crippen LogP) is 2.85. The van der Waals surface area contributed by atoms with Crippen LogP contribution in [0.15, 0.2) is 36.4 Å². The fraction of sp³-hybridized carbons (Fsp3) is 0.238. The standard InChI is InChI=1S/C21H18N6O2S/c1-25-7-6-13-10-14(2-4-16(13)21(25)29)26-8-9-27-19(26)11-18(24-27)23-20(28)17-5-3-15(12-22)30-17/h2-5,10-11H,6-9H2,1H3,(H,23,24,28). The summed E-state index contributed by atoms with van der Waals surface area (Å²) in [6, 6.07) is 13.1. The van der Waals surface area contributed by atoms with Crippen molar-refractivity contribution in [1.29, 1.82) is 5.26 Å². The lowest BCUT2D eigenvalue weighted by atomic mass is 9.98. The molecule has 3 aromatic rings. The number of benzene rings is 1. The fourth-order valence-corrected chi connectivity index (χ4v) is 4.58. The molecule has 1 aromatic carbocycles. The number of likely N-dealkylation sites (N-methyl/N-ethyl adjacent to an activating group) is 1. The monoisotopic (exact) mass is 418 g/mol. The van der Waals surface area contributed by atoms with Gasteiger partial charge in [-0.1, -0.05) is 0 Å². The van der Waals surface area contributed by atoms with E-state index >= 15 is 0 Å². The van der Waals surface area contributed by atoms with Crippen molar-refractivity contribution in [2.24, 2.45) is 0 Å². The van der Waals surface area contributed by atoms with Crippen LogP contribution < -0.4 is 10.2 Å². The van der Waals surface area contributed by atoms with Gasteiger partial charge in [-0.25, -0.2) is 4.68 Å². The van der Waals surface area contributed by atoms with Gasteiger partial charge >= 0.3 is 0 Å². The van der Waals surface area contributed by atoms with Gasteiger partial charge in [0, 0.05) is 37.5 Å². The molecule has 0 radical (unpaired) electrons. The number of anilines is 3. The number of thiophene rings is 1. The minimum absolute atomic E-state index is 0.0624. The topological polar surface area (TPSA) is 94.3 Å². The maximum atomic E-state index is 12.4. The lowest BCUT2D eigenvalue weighted by Crippen LogP contribution is -2.34. The van der Waals surface area contributed by atoms with E-state index in [9.17, 15) is 9.59 Å². The molecule has 1 N–H and O–H groups in total. The zero-order chi connectivity index (χ0) is 20.8. The average Bonchev–Trinajstić information content (AvgIpc) is 3.46. The third-order valence-electron chi connectivity index (χ3n) is 5.45. The first-order chi connectivity index (χ1) is 14.5. The molecule has 0 spiro atoms. The van der Waals surface area contributed by atoms with Crippen LogP contribution in [0.5, 0.6) is 0 Å². The van der Waals surface area contributed by atoms with Gasteiger partial charge in [-0.15, -0.1) is 11.3 Å². The van der Waals surface area contributed by atoms with Crippen molar-refractivity contribution in [2.45, 2.75) is 13.0 Å². The largest absolute Gasteiger partial charge is 0.341 e. The summed E-state index contributed by atoms with van der Waals surface area (Å²) in [5.41, 5.74) is 2.84. The highest BCUT2D eigenvalue weighted by molar-refractivity contribution is 7.14. The fourth-order valence-electron chi connectivity index (χ4n) is 3.88. The van der Waals surface area contributed by atoms with E-state index in [1.54, 1.807) is 17.0 Å². The number of fused-ring (bicyclic) bond motifs is 2. The van der Waals surface area contributed by atoms with E-state index in [0.717, 1.165) is 53.5 Å². The second kappa shape index (κ2) is 7.00. The lowest BCUT2D eigenvalue weighted by Gasteiger charge is -2.26. The molecule has 0 saturated heterocycles. The maximum absolute atomic E-state index is 12.4. The number of aromatic nitrogens is 2. The first-order valence-electron chi connectivity index (χ1n) is 9.58. The number of amides is 2. The molecular formula is C21H18N6O2S. The number of hydrogen-bond acceptors (Lipinski definition) is 6. The van der Waals surface area contributed by atoms with Crippen molar-refractivity contribution >= 4 is 40.5 Å². The molecule has 5 rings (SSSR count). The Hall–Kier alpha value is -3.64. The van der Waals surface area contributed by atoms with Gasteiger partial charge in [0.15, 0.2) is 5.82 Å². The summed E-state index contributed by atoms with van der Waals surface area (Å²) in [6.07, 6.45) is 0.839. The summed E-state index contributed by atoms with van der Waals surface area (Å²) in [4.78, 5) is 29.6. The molecule has 0 fully saturated rings. The van der Waals surface area contributed by atoms with Crippen LogP contribution in [0.25, 0.3) is 0 Å². The van der Waals surface area contributed by atoms with Gasteiger partial charge in [-0.3, -0.25) is 9.59 Å². The van der Waals surface area contributed by atoms with Crippen molar-refractivity contribution in [1.82, 2.24) is 14.7 Å². The number of hydrogen-bond donors (Lipinski definition) is 1. The number of carbonyl (C=O) groups excluding carboxylic acids is 2. The molecule has 0 atom stereocenters. The maximum Gasteiger partial charge on any atom is 0.266 e.